The molecule has 0 saturated carbocycles. The number of nitrogens with one attached hydrogen (secondary N) is 3. The number of hydrogen-bond donors (Lipinski definition) is 3. The van der Waals surface area contributed by atoms with Crippen molar-refractivity contribution in [3.8, 4) is 5.75 Å². The molecule has 1 atom stereocenters. The third-order valence-electron chi connectivity index (χ3n) is 4.53. The summed E-state index contributed by atoms with van der Waals surface area (Å²) in [5, 5.41) is 7.41. The fourth-order valence-electron chi connectivity index (χ4n) is 3.07. The molecule has 0 spiro atoms. The molecule has 2 aromatic heterocycles. The van der Waals surface area contributed by atoms with E-state index in [9.17, 15) is 8.42 Å². The van der Waals surface area contributed by atoms with Crippen molar-refractivity contribution in [3.05, 3.63) is 30.5 Å². The van der Waals surface area contributed by atoms with Crippen LogP contribution < -0.4 is 15.4 Å². The Morgan fingerprint density at radius 1 is 1.29 bits per heavy atom. The zero-order valence-electron chi connectivity index (χ0n) is 15.5. The summed E-state index contributed by atoms with van der Waals surface area (Å²) in [5.41, 5.74) is 1.25. The molecule has 1 fully saturated rings. The molecule has 1 aromatic carbocycles. The number of ether oxygens (including phenoxy) is 2. The predicted octanol–water partition coefficient (Wildman–Crippen LogP) is 2.31. The van der Waals surface area contributed by atoms with Gasteiger partial charge in [-0.1, -0.05) is 0 Å². The summed E-state index contributed by atoms with van der Waals surface area (Å²) in [6.45, 7) is 1.37. The Kier molecular flexibility index (Phi) is 4.82. The van der Waals surface area contributed by atoms with Crippen LogP contribution in [0.15, 0.2) is 35.4 Å². The number of rotatable bonds is 6. The van der Waals surface area contributed by atoms with Crippen LogP contribution in [0.5, 0.6) is 5.75 Å². The minimum Gasteiger partial charge on any atom is -0.495 e. The summed E-state index contributed by atoms with van der Waals surface area (Å²) >= 11 is 0. The molecule has 3 N–H and O–H groups in total. The number of methoxy groups -OCH3 is 1. The van der Waals surface area contributed by atoms with Crippen molar-refractivity contribution in [2.75, 3.05) is 37.2 Å². The molecule has 1 saturated heterocycles. The molecular formula is C18H21N5O4S. The lowest BCUT2D eigenvalue weighted by Gasteiger charge is -2.15. The largest absolute Gasteiger partial charge is 0.495 e. The third-order valence-corrected chi connectivity index (χ3v) is 5.64. The van der Waals surface area contributed by atoms with Crippen LogP contribution in [0.2, 0.25) is 0 Å². The van der Waals surface area contributed by atoms with E-state index in [2.05, 4.69) is 25.6 Å². The Labute approximate surface area is 162 Å². The van der Waals surface area contributed by atoms with E-state index in [-0.39, 0.29) is 10.9 Å². The van der Waals surface area contributed by atoms with Gasteiger partial charge in [-0.15, -0.1) is 0 Å². The Morgan fingerprint density at radius 2 is 2.14 bits per heavy atom. The van der Waals surface area contributed by atoms with E-state index in [0.717, 1.165) is 24.7 Å². The Morgan fingerprint density at radius 3 is 2.86 bits per heavy atom. The maximum Gasteiger partial charge on any atom is 0.231 e. The fraction of sp³-hybridized carbons (Fsp3) is 0.333. The summed E-state index contributed by atoms with van der Waals surface area (Å²) in [7, 11) is -1.85. The van der Waals surface area contributed by atoms with Crippen LogP contribution in [0.4, 0.5) is 17.5 Å². The minimum absolute atomic E-state index is 0.180. The molecule has 4 rings (SSSR count). The molecule has 0 unspecified atom stereocenters. The van der Waals surface area contributed by atoms with Gasteiger partial charge >= 0.3 is 0 Å². The highest BCUT2D eigenvalue weighted by atomic mass is 32.2. The summed E-state index contributed by atoms with van der Waals surface area (Å²) in [6, 6.07) is 6.74. The number of hydrogen-bond acceptors (Lipinski definition) is 8. The first-order valence-electron chi connectivity index (χ1n) is 8.78. The highest BCUT2D eigenvalue weighted by Gasteiger charge is 2.19. The van der Waals surface area contributed by atoms with Crippen molar-refractivity contribution in [3.63, 3.8) is 0 Å². The first kappa shape index (κ1) is 18.5. The number of aromatic amines is 1. The van der Waals surface area contributed by atoms with Crippen LogP contribution in [0.1, 0.15) is 6.42 Å². The second kappa shape index (κ2) is 7.28. The molecule has 28 heavy (non-hydrogen) atoms. The third kappa shape index (κ3) is 3.73. The normalized spacial score (nSPS) is 17.0. The number of H-pyrrole nitrogens is 1. The van der Waals surface area contributed by atoms with Crippen molar-refractivity contribution in [1.82, 2.24) is 15.0 Å². The molecular weight excluding hydrogens is 382 g/mol. The SMILES string of the molecule is COc1cc(S(C)(=O)=O)ccc1Nc1nc(N[C@@H]2CCOC2)c2cc[nH]c2n1. The predicted molar refractivity (Wildman–Crippen MR) is 106 cm³/mol. The molecule has 3 heterocycles. The zero-order valence-corrected chi connectivity index (χ0v) is 16.3. The van der Waals surface area contributed by atoms with Crippen LogP contribution in [-0.4, -0.2) is 56.0 Å². The number of sulfone groups is 1. The number of fused-ring (bicyclic) bond motifs is 1. The number of aromatic nitrogens is 3. The van der Waals surface area contributed by atoms with Crippen molar-refractivity contribution in [1.29, 1.82) is 0 Å². The molecule has 10 heteroatoms. The minimum atomic E-state index is -3.33. The van der Waals surface area contributed by atoms with E-state index < -0.39 is 9.84 Å². The van der Waals surface area contributed by atoms with Crippen LogP contribution in [0.25, 0.3) is 11.0 Å². The summed E-state index contributed by atoms with van der Waals surface area (Å²) in [4.78, 5) is 12.4. The molecule has 0 radical (unpaired) electrons. The monoisotopic (exact) mass is 403 g/mol. The zero-order chi connectivity index (χ0) is 19.7. The molecule has 0 bridgehead atoms. The van der Waals surface area contributed by atoms with E-state index in [0.29, 0.717) is 35.5 Å². The fourth-order valence-corrected chi connectivity index (χ4v) is 3.71. The van der Waals surface area contributed by atoms with Crippen LogP contribution in [0, 0.1) is 0 Å². The lowest BCUT2D eigenvalue weighted by molar-refractivity contribution is 0.195. The maximum absolute atomic E-state index is 11.8. The molecule has 9 nitrogen and oxygen atoms in total. The molecule has 1 aliphatic heterocycles. The van der Waals surface area contributed by atoms with Crippen molar-refractivity contribution in [2.45, 2.75) is 17.4 Å². The smallest absolute Gasteiger partial charge is 0.231 e. The van der Waals surface area contributed by atoms with Gasteiger partial charge in [0.1, 0.15) is 17.2 Å². The van der Waals surface area contributed by atoms with Gasteiger partial charge in [-0.05, 0) is 24.6 Å². The van der Waals surface area contributed by atoms with Crippen LogP contribution >= 0.6 is 0 Å². The average molecular weight is 403 g/mol. The lowest BCUT2D eigenvalue weighted by atomic mass is 10.2. The molecule has 0 aliphatic carbocycles. The summed E-state index contributed by atoms with van der Waals surface area (Å²) < 4.78 is 34.3. The highest BCUT2D eigenvalue weighted by molar-refractivity contribution is 7.90. The van der Waals surface area contributed by atoms with Gasteiger partial charge in [0.25, 0.3) is 0 Å². The first-order chi connectivity index (χ1) is 13.4. The summed E-state index contributed by atoms with van der Waals surface area (Å²) in [5.74, 6) is 1.45. The van der Waals surface area contributed by atoms with Crippen LogP contribution in [-0.2, 0) is 14.6 Å². The van der Waals surface area contributed by atoms with E-state index in [1.807, 2.05) is 6.07 Å². The number of nitrogens with zero attached hydrogens (tertiary/aromatic N) is 2. The van der Waals surface area contributed by atoms with E-state index in [1.165, 1.54) is 19.2 Å². The van der Waals surface area contributed by atoms with Crippen molar-refractivity contribution >= 4 is 38.3 Å². The number of anilines is 3. The maximum atomic E-state index is 11.8. The lowest BCUT2D eigenvalue weighted by Crippen LogP contribution is -2.20. The quantitative estimate of drug-likeness (QED) is 0.574. The first-order valence-corrected chi connectivity index (χ1v) is 10.7. The number of benzene rings is 1. The van der Waals surface area contributed by atoms with Gasteiger partial charge in [-0.2, -0.15) is 9.97 Å². The van der Waals surface area contributed by atoms with E-state index in [1.54, 1.807) is 12.3 Å². The Bertz CT molecular complexity index is 1110. The van der Waals surface area contributed by atoms with Gasteiger partial charge in [-0.3, -0.25) is 0 Å². The molecule has 3 aromatic rings. The van der Waals surface area contributed by atoms with Gasteiger partial charge in [0.05, 0.1) is 35.7 Å². The second-order valence-corrected chi connectivity index (χ2v) is 8.62. The molecule has 1 aliphatic rings. The summed E-state index contributed by atoms with van der Waals surface area (Å²) in [6.07, 6.45) is 3.88. The highest BCUT2D eigenvalue weighted by Crippen LogP contribution is 2.31. The van der Waals surface area contributed by atoms with Gasteiger partial charge in [0.2, 0.25) is 5.95 Å². The molecule has 148 valence electrons. The van der Waals surface area contributed by atoms with Gasteiger partial charge < -0.3 is 25.1 Å². The standard InChI is InChI=1S/C18H21N5O4S/c1-26-15-9-12(28(2,24)25)3-4-14(15)21-18-22-16-13(5-7-19-16)17(23-18)20-11-6-8-27-10-11/h3-5,7,9,11H,6,8,10H2,1-2H3,(H3,19,20,21,22,23)/t11-/m1/s1. The Hall–Kier alpha value is -2.85. The Balaban J connectivity index is 1.68. The van der Waals surface area contributed by atoms with E-state index >= 15 is 0 Å². The second-order valence-electron chi connectivity index (χ2n) is 6.60. The van der Waals surface area contributed by atoms with Gasteiger partial charge in [0.15, 0.2) is 9.84 Å². The van der Waals surface area contributed by atoms with Crippen molar-refractivity contribution in [2.24, 2.45) is 0 Å². The van der Waals surface area contributed by atoms with Gasteiger partial charge in [0, 0.05) is 25.1 Å². The van der Waals surface area contributed by atoms with Crippen molar-refractivity contribution < 1.29 is 17.9 Å². The topological polar surface area (TPSA) is 118 Å². The van der Waals surface area contributed by atoms with E-state index in [4.69, 9.17) is 9.47 Å². The average Bonchev–Trinajstić information content (AvgIpc) is 3.33. The van der Waals surface area contributed by atoms with Gasteiger partial charge in [-0.25, -0.2) is 8.42 Å². The van der Waals surface area contributed by atoms with Crippen LogP contribution in [0.3, 0.4) is 0 Å². The molecule has 0 amide bonds.